The van der Waals surface area contributed by atoms with Gasteiger partial charge in [-0.15, -0.1) is 0 Å². The van der Waals surface area contributed by atoms with Gasteiger partial charge in [-0.05, 0) is 23.1 Å². The number of allylic oxidation sites excluding steroid dienone is 2. The highest BCUT2D eigenvalue weighted by molar-refractivity contribution is 5.66. The van der Waals surface area contributed by atoms with Crippen LogP contribution in [0, 0.1) is 34.0 Å². The number of nitrogens with zero attached hydrogens (tertiary/aromatic N) is 3. The van der Waals surface area contributed by atoms with Gasteiger partial charge in [0.2, 0.25) is 0 Å². The van der Waals surface area contributed by atoms with E-state index in [-0.39, 0.29) is 16.8 Å². The quantitative estimate of drug-likeness (QED) is 0.668. The molecule has 0 saturated heterocycles. The number of hydrogen-bond donors (Lipinski definition) is 1. The number of hydrogen-bond acceptors (Lipinski definition) is 4. The second-order valence-electron chi connectivity index (χ2n) is 4.50. The summed E-state index contributed by atoms with van der Waals surface area (Å²) in [5.41, 5.74) is 7.42. The fraction of sp³-hybridized carbons (Fsp3) is 0.188. The molecule has 0 aliphatic rings. The van der Waals surface area contributed by atoms with Crippen LogP contribution in [0.3, 0.4) is 0 Å². The summed E-state index contributed by atoms with van der Waals surface area (Å²) in [6, 6.07) is 13.0. The van der Waals surface area contributed by atoms with Gasteiger partial charge >= 0.3 is 0 Å². The highest BCUT2D eigenvalue weighted by Gasteiger charge is 2.08. The van der Waals surface area contributed by atoms with Crippen LogP contribution in [0.5, 0.6) is 0 Å². The van der Waals surface area contributed by atoms with Crippen molar-refractivity contribution < 1.29 is 0 Å². The van der Waals surface area contributed by atoms with Crippen LogP contribution in [0.15, 0.2) is 41.1 Å². The Balaban J connectivity index is 3.21. The van der Waals surface area contributed by atoms with Crippen LogP contribution in [0.2, 0.25) is 0 Å². The first-order valence-electron chi connectivity index (χ1n) is 6.05. The minimum Gasteiger partial charge on any atom is -0.396 e. The molecule has 0 aliphatic carbocycles. The molecule has 0 spiro atoms. The average molecular weight is 262 g/mol. The van der Waals surface area contributed by atoms with Gasteiger partial charge in [0.15, 0.2) is 5.57 Å². The second-order valence-corrected chi connectivity index (χ2v) is 4.50. The number of nitriles is 3. The molecule has 0 bridgehead atoms. The van der Waals surface area contributed by atoms with E-state index < -0.39 is 0 Å². The zero-order valence-electron chi connectivity index (χ0n) is 11.4. The smallest absolute Gasteiger partial charge is 0.153 e. The Hall–Kier alpha value is -3.03. The maximum absolute atomic E-state index is 9.09. The predicted octanol–water partition coefficient (Wildman–Crippen LogP) is 2.98. The fourth-order valence-electron chi connectivity index (χ4n) is 1.59. The van der Waals surface area contributed by atoms with Crippen LogP contribution in [0.4, 0.5) is 0 Å². The zero-order valence-corrected chi connectivity index (χ0v) is 11.4. The number of benzene rings is 1. The molecule has 0 saturated carbocycles. The zero-order chi connectivity index (χ0) is 15.1. The van der Waals surface area contributed by atoms with E-state index in [1.54, 1.807) is 18.2 Å². The molecule has 1 aromatic rings. The van der Waals surface area contributed by atoms with Crippen molar-refractivity contribution in [3.63, 3.8) is 0 Å². The Bertz CT molecular complexity index is 655. The van der Waals surface area contributed by atoms with Gasteiger partial charge in [-0.25, -0.2) is 0 Å². The van der Waals surface area contributed by atoms with Crippen molar-refractivity contribution >= 4 is 6.08 Å². The first-order chi connectivity index (χ1) is 9.53. The minimum absolute atomic E-state index is 0.0922. The summed E-state index contributed by atoms with van der Waals surface area (Å²) in [5, 5.41) is 26.6. The van der Waals surface area contributed by atoms with E-state index in [4.69, 9.17) is 21.5 Å². The Morgan fingerprint density at radius 3 is 2.00 bits per heavy atom. The van der Waals surface area contributed by atoms with Gasteiger partial charge in [0, 0.05) is 0 Å². The van der Waals surface area contributed by atoms with Crippen molar-refractivity contribution in [3.05, 3.63) is 52.2 Å². The molecule has 98 valence electrons. The number of nitrogens with two attached hydrogens (primary N) is 1. The lowest BCUT2D eigenvalue weighted by Gasteiger charge is -2.05. The molecule has 0 aliphatic heterocycles. The summed E-state index contributed by atoms with van der Waals surface area (Å²) in [6.45, 7) is 4.19. The van der Waals surface area contributed by atoms with Crippen molar-refractivity contribution in [2.45, 2.75) is 19.8 Å². The van der Waals surface area contributed by atoms with Crippen molar-refractivity contribution in [2.75, 3.05) is 0 Å². The predicted molar refractivity (Wildman–Crippen MR) is 76.6 cm³/mol. The Morgan fingerprint density at radius 2 is 1.60 bits per heavy atom. The molecule has 0 amide bonds. The number of rotatable bonds is 3. The maximum atomic E-state index is 9.09. The molecule has 20 heavy (non-hydrogen) atoms. The van der Waals surface area contributed by atoms with E-state index in [2.05, 4.69) is 13.8 Å². The van der Waals surface area contributed by atoms with Gasteiger partial charge in [0.05, 0.1) is 11.3 Å². The molecule has 0 unspecified atom stereocenters. The molecule has 0 atom stereocenters. The van der Waals surface area contributed by atoms with Gasteiger partial charge < -0.3 is 5.73 Å². The Morgan fingerprint density at radius 1 is 1.05 bits per heavy atom. The Kier molecular flexibility index (Phi) is 5.10. The van der Waals surface area contributed by atoms with Crippen LogP contribution >= 0.6 is 0 Å². The SMILES string of the molecule is CC(C)c1ccc(/C=C(\C#N)C(N)=C(C#N)C#N)cc1. The van der Waals surface area contributed by atoms with E-state index >= 15 is 0 Å². The molecule has 2 N–H and O–H groups in total. The van der Waals surface area contributed by atoms with Crippen molar-refractivity contribution in [3.8, 4) is 18.2 Å². The average Bonchev–Trinajstić information content (AvgIpc) is 2.46. The van der Waals surface area contributed by atoms with E-state index in [1.165, 1.54) is 5.56 Å². The largest absolute Gasteiger partial charge is 0.396 e. The topological polar surface area (TPSA) is 97.4 Å². The minimum atomic E-state index is -0.253. The van der Waals surface area contributed by atoms with Gasteiger partial charge in [-0.2, -0.15) is 15.8 Å². The summed E-state index contributed by atoms with van der Waals surface area (Å²) >= 11 is 0. The lowest BCUT2D eigenvalue weighted by molar-refractivity contribution is 0.866. The molecule has 1 aromatic carbocycles. The van der Waals surface area contributed by atoms with Crippen LogP contribution in [-0.4, -0.2) is 0 Å². The molecular formula is C16H14N4. The fourth-order valence-corrected chi connectivity index (χ4v) is 1.59. The van der Waals surface area contributed by atoms with Crippen molar-refractivity contribution in [1.29, 1.82) is 15.8 Å². The molecule has 1 rings (SSSR count). The van der Waals surface area contributed by atoms with E-state index in [0.29, 0.717) is 5.92 Å². The molecule has 0 fully saturated rings. The third-order valence-corrected chi connectivity index (χ3v) is 2.82. The van der Waals surface area contributed by atoms with Gasteiger partial charge in [0.1, 0.15) is 18.2 Å². The summed E-state index contributed by atoms with van der Waals surface area (Å²) in [7, 11) is 0. The first kappa shape index (κ1) is 15.0. The van der Waals surface area contributed by atoms with E-state index in [9.17, 15) is 0 Å². The monoisotopic (exact) mass is 262 g/mol. The standard InChI is InChI=1S/C16H14N4/c1-11(2)13-5-3-12(4-6-13)7-14(8-17)16(20)15(9-18)10-19/h3-7,11H,20H2,1-2H3/b14-7+. The summed E-state index contributed by atoms with van der Waals surface area (Å²) in [5.74, 6) is 0.428. The second kappa shape index (κ2) is 6.78. The van der Waals surface area contributed by atoms with Gasteiger partial charge in [-0.3, -0.25) is 0 Å². The van der Waals surface area contributed by atoms with Crippen LogP contribution in [0.25, 0.3) is 6.08 Å². The molecule has 0 aromatic heterocycles. The Labute approximate surface area is 118 Å². The first-order valence-corrected chi connectivity index (χ1v) is 6.05. The molecule has 4 heteroatoms. The normalized spacial score (nSPS) is 10.3. The molecular weight excluding hydrogens is 248 g/mol. The third-order valence-electron chi connectivity index (χ3n) is 2.82. The third kappa shape index (κ3) is 3.48. The van der Waals surface area contributed by atoms with E-state index in [1.807, 2.05) is 30.3 Å². The van der Waals surface area contributed by atoms with Gasteiger partial charge in [0.25, 0.3) is 0 Å². The van der Waals surface area contributed by atoms with Crippen molar-refractivity contribution in [2.24, 2.45) is 5.73 Å². The van der Waals surface area contributed by atoms with Gasteiger partial charge in [-0.1, -0.05) is 38.1 Å². The molecule has 0 radical (unpaired) electrons. The van der Waals surface area contributed by atoms with Crippen LogP contribution in [0.1, 0.15) is 30.9 Å². The summed E-state index contributed by atoms with van der Waals surface area (Å²) in [4.78, 5) is 0. The molecule has 4 nitrogen and oxygen atoms in total. The van der Waals surface area contributed by atoms with E-state index in [0.717, 1.165) is 5.56 Å². The lowest BCUT2D eigenvalue weighted by Crippen LogP contribution is -2.03. The summed E-state index contributed by atoms with van der Waals surface area (Å²) in [6.07, 6.45) is 1.56. The van der Waals surface area contributed by atoms with Crippen LogP contribution < -0.4 is 5.73 Å². The lowest BCUT2D eigenvalue weighted by atomic mass is 10.0. The van der Waals surface area contributed by atoms with Crippen molar-refractivity contribution in [1.82, 2.24) is 0 Å². The highest BCUT2D eigenvalue weighted by Crippen LogP contribution is 2.18. The van der Waals surface area contributed by atoms with Crippen LogP contribution in [-0.2, 0) is 0 Å². The summed E-state index contributed by atoms with van der Waals surface area (Å²) < 4.78 is 0. The highest BCUT2D eigenvalue weighted by atomic mass is 14.6. The molecule has 0 heterocycles. The maximum Gasteiger partial charge on any atom is 0.153 e.